The summed E-state index contributed by atoms with van der Waals surface area (Å²) in [5, 5.41) is 0. The van der Waals surface area contributed by atoms with Crippen LogP contribution in [0.4, 0.5) is 0 Å². The van der Waals surface area contributed by atoms with Gasteiger partial charge in [-0.1, -0.05) is 33.1 Å². The Morgan fingerprint density at radius 3 is 2.14 bits per heavy atom. The Labute approximate surface area is 125 Å². The Balaban J connectivity index is -0.000000125. The van der Waals surface area contributed by atoms with Crippen LogP contribution >= 0.6 is 37.2 Å². The third kappa shape index (κ3) is 9.65. The Bertz CT molecular complexity index is 199. The molecule has 0 aliphatic carbocycles. The first kappa shape index (κ1) is 24.4. The fraction of sp³-hybridized carbons (Fsp3) is 0.500. The summed E-state index contributed by atoms with van der Waals surface area (Å²) in [7, 11) is 0. The monoisotopic (exact) mass is 333 g/mol. The zero-order chi connectivity index (χ0) is 7.40. The van der Waals surface area contributed by atoms with E-state index in [1.807, 2.05) is 0 Å². The van der Waals surface area contributed by atoms with Crippen LogP contribution in [0.5, 0.6) is 0 Å². The fourth-order valence-electron chi connectivity index (χ4n) is 1.16. The van der Waals surface area contributed by atoms with Crippen molar-refractivity contribution < 1.29 is 26.2 Å². The molecule has 14 heavy (non-hydrogen) atoms. The van der Waals surface area contributed by atoms with Gasteiger partial charge in [0.25, 0.3) is 0 Å². The minimum atomic E-state index is 0. The van der Waals surface area contributed by atoms with Gasteiger partial charge in [-0.2, -0.15) is 17.7 Å². The number of hydrogen-bond donors (Lipinski definition) is 0. The quantitative estimate of drug-likeness (QED) is 0.722. The molecule has 1 aromatic rings. The van der Waals surface area contributed by atoms with E-state index in [4.69, 9.17) is 0 Å². The molecule has 0 saturated carbocycles. The van der Waals surface area contributed by atoms with Gasteiger partial charge in [-0.25, -0.2) is 11.6 Å². The minimum Gasteiger partial charge on any atom is -0.211 e. The number of hydrogen-bond acceptors (Lipinski definition) is 0. The molecule has 0 unspecified atom stereocenters. The number of aryl methyl sites for hydroxylation is 2. The molecule has 0 radical (unpaired) electrons. The first-order valence-corrected chi connectivity index (χ1v) is 4.05. The van der Waals surface area contributed by atoms with Crippen LogP contribution < -0.4 is 0 Å². The van der Waals surface area contributed by atoms with Gasteiger partial charge >= 0.3 is 0 Å². The molecule has 0 fully saturated rings. The molecule has 0 aliphatic rings. The zero-order valence-electron chi connectivity index (χ0n) is 8.58. The summed E-state index contributed by atoms with van der Waals surface area (Å²) >= 11 is 0. The average molecular weight is 336 g/mol. The summed E-state index contributed by atoms with van der Waals surface area (Å²) in [6.07, 6.45) is 3.87. The van der Waals surface area contributed by atoms with Gasteiger partial charge in [0.2, 0.25) is 0 Å². The van der Waals surface area contributed by atoms with E-state index in [2.05, 4.69) is 32.0 Å². The largest absolute Gasteiger partial charge is 0.211 e. The van der Waals surface area contributed by atoms with Crippen molar-refractivity contribution in [3.8, 4) is 0 Å². The summed E-state index contributed by atoms with van der Waals surface area (Å²) in [4.78, 5) is 0. The second-order valence-electron chi connectivity index (χ2n) is 2.90. The molecule has 4 heteroatoms. The van der Waals surface area contributed by atoms with Gasteiger partial charge in [-0.3, -0.25) is 0 Å². The summed E-state index contributed by atoms with van der Waals surface area (Å²) < 4.78 is 0. The van der Waals surface area contributed by atoms with Gasteiger partial charge in [0.15, 0.2) is 0 Å². The summed E-state index contributed by atoms with van der Waals surface area (Å²) in [5.74, 6) is 0. The molecule has 84 valence electrons. The molecule has 0 nitrogen and oxygen atoms in total. The molecule has 0 aliphatic heterocycles. The molecule has 1 rings (SSSR count). The Morgan fingerprint density at radius 2 is 1.79 bits per heavy atom. The predicted octanol–water partition coefficient (Wildman–Crippen LogP) is 4.32. The molecule has 1 aromatic carbocycles. The third-order valence-electron chi connectivity index (χ3n) is 1.79. The van der Waals surface area contributed by atoms with E-state index < -0.39 is 0 Å². The molecule has 0 heterocycles. The summed E-state index contributed by atoms with van der Waals surface area (Å²) in [5.41, 5.74) is 2.89. The Hall–Kier alpha value is 1.10. The summed E-state index contributed by atoms with van der Waals surface area (Å²) in [6.45, 7) is 4.38. The van der Waals surface area contributed by atoms with Crippen LogP contribution in [0.1, 0.15) is 30.9 Å². The van der Waals surface area contributed by atoms with E-state index in [-0.39, 0.29) is 63.4 Å². The molecular weight excluding hydrogens is 318 g/mol. The van der Waals surface area contributed by atoms with Crippen molar-refractivity contribution in [1.82, 2.24) is 0 Å². The van der Waals surface area contributed by atoms with Gasteiger partial charge in [-0.05, 0) is 0 Å². The first-order valence-electron chi connectivity index (χ1n) is 4.05. The molecule has 0 atom stereocenters. The van der Waals surface area contributed by atoms with E-state index in [0.29, 0.717) is 0 Å². The Kier molecular flexibility index (Phi) is 24.5. The smallest absolute Gasteiger partial charge is 0 e. The fourth-order valence-corrected chi connectivity index (χ4v) is 1.16. The van der Waals surface area contributed by atoms with E-state index in [1.54, 1.807) is 0 Å². The SMILES string of the molecule is CCCC[c-]1ccc(C)c1.Cl.Cl.Cl.[Zr]. The molecule has 0 amide bonds. The van der Waals surface area contributed by atoms with Gasteiger partial charge < -0.3 is 0 Å². The van der Waals surface area contributed by atoms with Crippen LogP contribution in [-0.2, 0) is 32.6 Å². The second kappa shape index (κ2) is 14.1. The topological polar surface area (TPSA) is 0 Å². The minimum absolute atomic E-state index is 0. The molecule has 0 spiro atoms. The number of unbranched alkanes of at least 4 members (excludes halogenated alkanes) is 1. The predicted molar refractivity (Wildman–Crippen MR) is 67.1 cm³/mol. The molecule has 0 aromatic heterocycles. The van der Waals surface area contributed by atoms with Crippen LogP contribution in [0.2, 0.25) is 0 Å². The normalized spacial score (nSPS) is 7.29. The molecular formula is C10H18Cl3Zr-. The van der Waals surface area contributed by atoms with E-state index in [9.17, 15) is 0 Å². The van der Waals surface area contributed by atoms with Crippen molar-refractivity contribution in [3.63, 3.8) is 0 Å². The third-order valence-corrected chi connectivity index (χ3v) is 1.79. The maximum atomic E-state index is 2.27. The average Bonchev–Trinajstić information content (AvgIpc) is 2.31. The zero-order valence-corrected chi connectivity index (χ0v) is 13.5. The van der Waals surface area contributed by atoms with Crippen LogP contribution in [0, 0.1) is 6.92 Å². The summed E-state index contributed by atoms with van der Waals surface area (Å²) in [6, 6.07) is 6.69. The molecule has 0 saturated heterocycles. The van der Waals surface area contributed by atoms with Gasteiger partial charge in [0, 0.05) is 26.2 Å². The maximum Gasteiger partial charge on any atom is 0 e. The van der Waals surface area contributed by atoms with Crippen LogP contribution in [-0.4, -0.2) is 0 Å². The van der Waals surface area contributed by atoms with Crippen molar-refractivity contribution in [3.05, 3.63) is 29.3 Å². The first-order chi connectivity index (χ1) is 4.83. The van der Waals surface area contributed by atoms with Crippen molar-refractivity contribution in [2.45, 2.75) is 33.1 Å². The van der Waals surface area contributed by atoms with Crippen LogP contribution in [0.15, 0.2) is 18.2 Å². The van der Waals surface area contributed by atoms with Gasteiger partial charge in [-0.15, -0.1) is 37.2 Å². The van der Waals surface area contributed by atoms with Crippen LogP contribution in [0.3, 0.4) is 0 Å². The van der Waals surface area contributed by atoms with Crippen molar-refractivity contribution >= 4 is 37.2 Å². The Morgan fingerprint density at radius 1 is 1.21 bits per heavy atom. The van der Waals surface area contributed by atoms with E-state index >= 15 is 0 Å². The van der Waals surface area contributed by atoms with Crippen molar-refractivity contribution in [2.75, 3.05) is 0 Å². The van der Waals surface area contributed by atoms with Crippen molar-refractivity contribution in [2.24, 2.45) is 0 Å². The van der Waals surface area contributed by atoms with E-state index in [1.165, 1.54) is 30.4 Å². The standard InChI is InChI=1S/C10H15.3ClH.Zr/c1-3-4-5-10-7-6-9(2)8-10;;;;/h6-8H,3-5H2,1-2H3;3*1H;/q-1;;;;. The molecule has 0 bridgehead atoms. The van der Waals surface area contributed by atoms with Gasteiger partial charge in [0.1, 0.15) is 0 Å². The second-order valence-corrected chi connectivity index (χ2v) is 2.90. The maximum absolute atomic E-state index is 2.27. The van der Waals surface area contributed by atoms with E-state index in [0.717, 1.165) is 0 Å². The molecule has 0 N–H and O–H groups in total. The number of halogens is 3. The van der Waals surface area contributed by atoms with Gasteiger partial charge in [0.05, 0.1) is 0 Å². The number of rotatable bonds is 3. The van der Waals surface area contributed by atoms with Crippen LogP contribution in [0.25, 0.3) is 0 Å². The van der Waals surface area contributed by atoms with Crippen molar-refractivity contribution in [1.29, 1.82) is 0 Å².